The first-order chi connectivity index (χ1) is 15.6. The molecule has 0 aliphatic heterocycles. The highest BCUT2D eigenvalue weighted by Gasteiger charge is 2.05. The maximum absolute atomic E-state index is 12.4. The summed E-state index contributed by atoms with van der Waals surface area (Å²) in [6, 6.07) is 12.4. The molecule has 178 valence electrons. The predicted octanol–water partition coefficient (Wildman–Crippen LogP) is 9.20. The lowest BCUT2D eigenvalue weighted by Crippen LogP contribution is -2.02. The van der Waals surface area contributed by atoms with Crippen molar-refractivity contribution in [1.29, 1.82) is 0 Å². The fourth-order valence-corrected chi connectivity index (χ4v) is 4.67. The van der Waals surface area contributed by atoms with Gasteiger partial charge in [0.05, 0.1) is 7.11 Å². The molecule has 0 bridgehead atoms. The number of hydrogen-bond donors (Lipinski definition) is 0. The number of carbonyl (C=O) groups is 1. The number of fused-ring (bicyclic) bond motifs is 1. The van der Waals surface area contributed by atoms with Crippen LogP contribution < -0.4 is 4.74 Å². The summed E-state index contributed by atoms with van der Waals surface area (Å²) >= 11 is 3.62. The lowest BCUT2D eigenvalue weighted by atomic mass is 10.00. The minimum Gasteiger partial charge on any atom is -0.497 e. The second-order valence-corrected chi connectivity index (χ2v) is 10.9. The van der Waals surface area contributed by atoms with Crippen LogP contribution in [0.2, 0.25) is 0 Å². The summed E-state index contributed by atoms with van der Waals surface area (Å²) in [5.41, 5.74) is 1.12. The maximum Gasteiger partial charge on any atom is 0.137 e. The topological polar surface area (TPSA) is 26.3 Å². The third-order valence-electron chi connectivity index (χ3n) is 6.32. The zero-order chi connectivity index (χ0) is 23.0. The van der Waals surface area contributed by atoms with Gasteiger partial charge in [-0.2, -0.15) is 0 Å². The summed E-state index contributed by atoms with van der Waals surface area (Å²) in [4.78, 5) is 13.0. The Labute approximate surface area is 204 Å². The Morgan fingerprint density at radius 2 is 1.31 bits per heavy atom. The molecule has 0 fully saturated rings. The van der Waals surface area contributed by atoms with E-state index in [1.807, 2.05) is 12.1 Å². The zero-order valence-corrected chi connectivity index (χ0v) is 21.9. The van der Waals surface area contributed by atoms with Gasteiger partial charge in [0.2, 0.25) is 0 Å². The molecule has 1 atom stereocenters. The van der Waals surface area contributed by atoms with Gasteiger partial charge in [0.15, 0.2) is 0 Å². The van der Waals surface area contributed by atoms with Crippen molar-refractivity contribution < 1.29 is 9.53 Å². The van der Waals surface area contributed by atoms with E-state index in [-0.39, 0.29) is 0 Å². The Morgan fingerprint density at radius 1 is 0.781 bits per heavy atom. The monoisotopic (exact) mass is 502 g/mol. The number of carbonyl (C=O) groups excluding carboxylic acids is 1. The number of methoxy groups -OCH3 is 1. The van der Waals surface area contributed by atoms with Crippen molar-refractivity contribution in [3.8, 4) is 5.75 Å². The number of hydrogen-bond acceptors (Lipinski definition) is 2. The van der Waals surface area contributed by atoms with Crippen LogP contribution in [0.15, 0.2) is 36.4 Å². The molecular weight excluding hydrogens is 460 g/mol. The van der Waals surface area contributed by atoms with Crippen LogP contribution in [0.4, 0.5) is 0 Å². The second kappa shape index (κ2) is 16.3. The van der Waals surface area contributed by atoms with Crippen molar-refractivity contribution >= 4 is 32.5 Å². The highest BCUT2D eigenvalue weighted by molar-refractivity contribution is 9.09. The van der Waals surface area contributed by atoms with E-state index in [1.165, 1.54) is 82.4 Å². The van der Waals surface area contributed by atoms with E-state index in [0.717, 1.165) is 23.1 Å². The molecule has 0 radical (unpaired) electrons. The van der Waals surface area contributed by atoms with Crippen LogP contribution in [0.25, 0.3) is 10.8 Å². The third kappa shape index (κ3) is 11.5. The molecule has 2 rings (SSSR count). The Morgan fingerprint density at radius 3 is 1.91 bits per heavy atom. The fourth-order valence-electron chi connectivity index (χ4n) is 4.34. The van der Waals surface area contributed by atoms with Gasteiger partial charge in [0.25, 0.3) is 0 Å². The van der Waals surface area contributed by atoms with Crippen LogP contribution in [0.1, 0.15) is 102 Å². The third-order valence-corrected chi connectivity index (χ3v) is 6.78. The zero-order valence-electron chi connectivity index (χ0n) is 20.3. The van der Waals surface area contributed by atoms with Crippen molar-refractivity contribution in [2.45, 2.75) is 108 Å². The number of ether oxygens (including phenoxy) is 1. The van der Waals surface area contributed by atoms with Crippen molar-refractivity contribution in [3.05, 3.63) is 42.0 Å². The van der Waals surface area contributed by atoms with E-state index >= 15 is 0 Å². The summed E-state index contributed by atoms with van der Waals surface area (Å²) in [6.07, 6.45) is 18.5. The number of rotatable bonds is 18. The molecular formula is C29H43BrO2. The number of benzene rings is 2. The van der Waals surface area contributed by atoms with Gasteiger partial charge in [0.1, 0.15) is 11.5 Å². The quantitative estimate of drug-likeness (QED) is 0.150. The second-order valence-electron chi connectivity index (χ2n) is 9.32. The van der Waals surface area contributed by atoms with Crippen LogP contribution in [-0.4, -0.2) is 17.7 Å². The van der Waals surface area contributed by atoms with Gasteiger partial charge in [-0.05, 0) is 41.3 Å². The number of Topliss-reactive ketones (excluding diaryl/α,β-unsaturated/α-hetero) is 1. The molecule has 0 heterocycles. The van der Waals surface area contributed by atoms with Gasteiger partial charge in [-0.3, -0.25) is 4.79 Å². The molecule has 0 aromatic heterocycles. The van der Waals surface area contributed by atoms with Gasteiger partial charge in [-0.15, -0.1) is 0 Å². The number of unbranched alkanes of at least 4 members (excludes halogenated alkanes) is 11. The number of halogens is 1. The molecule has 2 nitrogen and oxygen atoms in total. The average molecular weight is 504 g/mol. The first-order valence-electron chi connectivity index (χ1n) is 12.8. The highest BCUT2D eigenvalue weighted by Crippen LogP contribution is 2.22. The van der Waals surface area contributed by atoms with Crippen LogP contribution in [-0.2, 0) is 11.2 Å². The van der Waals surface area contributed by atoms with Crippen molar-refractivity contribution in [2.75, 3.05) is 7.11 Å². The van der Waals surface area contributed by atoms with E-state index in [0.29, 0.717) is 23.5 Å². The van der Waals surface area contributed by atoms with Crippen LogP contribution >= 0.6 is 15.9 Å². The molecule has 0 aliphatic carbocycles. The standard InChI is InChI=1S/C29H43BrO2/c1-24(30)15-13-11-9-7-5-3-4-6-8-10-12-14-16-28(31)22-25-17-18-27-23-29(32-2)20-19-26(27)21-25/h17-21,23-24H,3-16,22H2,1-2H3. The van der Waals surface area contributed by atoms with Gasteiger partial charge >= 0.3 is 0 Å². The molecule has 2 aromatic rings. The van der Waals surface area contributed by atoms with E-state index < -0.39 is 0 Å². The van der Waals surface area contributed by atoms with Crippen LogP contribution in [0, 0.1) is 0 Å². The van der Waals surface area contributed by atoms with Gasteiger partial charge in [-0.25, -0.2) is 0 Å². The molecule has 2 aromatic carbocycles. The molecule has 0 spiro atoms. The SMILES string of the molecule is COc1ccc2cc(CC(=O)CCCCCCCCCCCCCCC(C)Br)ccc2c1. The Bertz CT molecular complexity index is 784. The smallest absolute Gasteiger partial charge is 0.137 e. The molecule has 0 amide bonds. The van der Waals surface area contributed by atoms with Gasteiger partial charge < -0.3 is 4.74 Å². The minimum absolute atomic E-state index is 0.364. The van der Waals surface area contributed by atoms with Crippen molar-refractivity contribution in [3.63, 3.8) is 0 Å². The van der Waals surface area contributed by atoms with E-state index in [4.69, 9.17) is 4.74 Å². The maximum atomic E-state index is 12.4. The number of ketones is 1. The Hall–Kier alpha value is -1.35. The lowest BCUT2D eigenvalue weighted by Gasteiger charge is -2.06. The van der Waals surface area contributed by atoms with E-state index in [2.05, 4.69) is 47.1 Å². The lowest BCUT2D eigenvalue weighted by molar-refractivity contribution is -0.118. The fraction of sp³-hybridized carbons (Fsp3) is 0.621. The largest absolute Gasteiger partial charge is 0.497 e. The van der Waals surface area contributed by atoms with Gasteiger partial charge in [-0.1, -0.05) is 118 Å². The van der Waals surface area contributed by atoms with E-state index in [1.54, 1.807) is 7.11 Å². The first kappa shape index (κ1) is 26.9. The molecule has 32 heavy (non-hydrogen) atoms. The van der Waals surface area contributed by atoms with Crippen LogP contribution in [0.5, 0.6) is 5.75 Å². The summed E-state index contributed by atoms with van der Waals surface area (Å²) in [5.74, 6) is 1.23. The first-order valence-corrected chi connectivity index (χ1v) is 13.7. The Balaban J connectivity index is 1.45. The van der Waals surface area contributed by atoms with Crippen molar-refractivity contribution in [1.82, 2.24) is 0 Å². The molecule has 0 saturated heterocycles. The minimum atomic E-state index is 0.364. The van der Waals surface area contributed by atoms with Crippen molar-refractivity contribution in [2.24, 2.45) is 0 Å². The van der Waals surface area contributed by atoms with Crippen LogP contribution in [0.3, 0.4) is 0 Å². The molecule has 0 aliphatic rings. The molecule has 0 N–H and O–H groups in total. The van der Waals surface area contributed by atoms with E-state index in [9.17, 15) is 4.79 Å². The van der Waals surface area contributed by atoms with Gasteiger partial charge in [0, 0.05) is 17.7 Å². The number of alkyl halides is 1. The Kier molecular flexibility index (Phi) is 13.7. The molecule has 1 unspecified atom stereocenters. The normalized spacial score (nSPS) is 12.2. The summed E-state index contributed by atoms with van der Waals surface area (Å²) < 4.78 is 5.28. The summed E-state index contributed by atoms with van der Waals surface area (Å²) in [7, 11) is 1.69. The predicted molar refractivity (Wildman–Crippen MR) is 142 cm³/mol. The molecule has 3 heteroatoms. The summed E-state index contributed by atoms with van der Waals surface area (Å²) in [6.45, 7) is 2.24. The highest BCUT2D eigenvalue weighted by atomic mass is 79.9. The average Bonchev–Trinajstić information content (AvgIpc) is 2.78. The molecule has 0 saturated carbocycles. The summed E-state index contributed by atoms with van der Waals surface area (Å²) in [5, 5.41) is 2.32.